The summed E-state index contributed by atoms with van der Waals surface area (Å²) in [5.74, 6) is 3.61. The van der Waals surface area contributed by atoms with Crippen LogP contribution in [-0.4, -0.2) is 6.71 Å². The third-order valence-electron chi connectivity index (χ3n) is 9.17. The molecule has 45 heavy (non-hydrogen) atoms. The van der Waals surface area contributed by atoms with E-state index >= 15 is 0 Å². The molecule has 0 radical (unpaired) electrons. The fraction of sp³-hybridized carbons (Fsp3) is 0. The van der Waals surface area contributed by atoms with E-state index in [1.807, 2.05) is 17.4 Å². The van der Waals surface area contributed by atoms with Gasteiger partial charge in [0, 0.05) is 38.0 Å². The van der Waals surface area contributed by atoms with Gasteiger partial charge in [-0.15, -0.1) is 11.3 Å². The highest BCUT2D eigenvalue weighted by Crippen LogP contribution is 2.45. The van der Waals surface area contributed by atoms with Crippen LogP contribution < -0.4 is 30.8 Å². The van der Waals surface area contributed by atoms with Crippen molar-refractivity contribution in [3.8, 4) is 23.0 Å². The molecular formula is C40H24BNO2S. The maximum atomic E-state index is 6.83. The molecule has 0 atom stereocenters. The fourth-order valence-electron chi connectivity index (χ4n) is 7.22. The first kappa shape index (κ1) is 24.9. The summed E-state index contributed by atoms with van der Waals surface area (Å²) in [6, 6.07) is 51.6. The molecule has 0 fully saturated rings. The van der Waals surface area contributed by atoms with Gasteiger partial charge in [-0.2, -0.15) is 0 Å². The molecule has 0 unspecified atom stereocenters. The highest BCUT2D eigenvalue weighted by molar-refractivity contribution is 7.26. The van der Waals surface area contributed by atoms with Crippen molar-refractivity contribution >= 4 is 82.4 Å². The van der Waals surface area contributed by atoms with Gasteiger partial charge in [0.1, 0.15) is 23.0 Å². The van der Waals surface area contributed by atoms with Gasteiger partial charge < -0.3 is 14.4 Å². The van der Waals surface area contributed by atoms with E-state index in [0.717, 1.165) is 45.5 Å². The van der Waals surface area contributed by atoms with Gasteiger partial charge in [-0.25, -0.2) is 0 Å². The van der Waals surface area contributed by atoms with Crippen molar-refractivity contribution < 1.29 is 9.47 Å². The first-order chi connectivity index (χ1) is 22.3. The Kier molecular flexibility index (Phi) is 5.25. The first-order valence-corrected chi connectivity index (χ1v) is 16.0. The summed E-state index contributed by atoms with van der Waals surface area (Å²) >= 11 is 1.81. The standard InChI is InChI=1S/C40H24BNO2S/c1-3-11-26(12-4-1)42(27-13-5-2-6-14-27)28-19-20-30-31-21-22-32-39(40(31)45-36(30)24-28)44-34-17-9-16-33-38(34)41(32)37-29-15-8-7-10-25(29)18-23-35(37)43-33/h1-24H. The van der Waals surface area contributed by atoms with Gasteiger partial charge in [0.25, 0.3) is 6.71 Å². The Balaban J connectivity index is 1.19. The molecule has 2 aliphatic rings. The second kappa shape index (κ2) is 9.49. The second-order valence-electron chi connectivity index (χ2n) is 11.7. The van der Waals surface area contributed by atoms with Crippen molar-refractivity contribution in [1.82, 2.24) is 0 Å². The normalized spacial score (nSPS) is 12.8. The first-order valence-electron chi connectivity index (χ1n) is 15.2. The van der Waals surface area contributed by atoms with Crippen LogP contribution in [0.25, 0.3) is 30.9 Å². The maximum Gasteiger partial charge on any atom is 0.261 e. The summed E-state index contributed by atoms with van der Waals surface area (Å²) in [6.45, 7) is 0.0200. The minimum atomic E-state index is 0.0200. The Morgan fingerprint density at radius 3 is 1.98 bits per heavy atom. The number of nitrogens with zero attached hydrogens (tertiary/aromatic N) is 1. The lowest BCUT2D eigenvalue weighted by molar-refractivity contribution is 0.468. The minimum Gasteiger partial charge on any atom is -0.458 e. The lowest BCUT2D eigenvalue weighted by Gasteiger charge is -2.33. The van der Waals surface area contributed by atoms with Crippen LogP contribution in [0, 0.1) is 0 Å². The number of rotatable bonds is 3. The van der Waals surface area contributed by atoms with Crippen molar-refractivity contribution in [3.63, 3.8) is 0 Å². The Morgan fingerprint density at radius 1 is 0.489 bits per heavy atom. The van der Waals surface area contributed by atoms with E-state index in [-0.39, 0.29) is 6.71 Å². The number of hydrogen-bond acceptors (Lipinski definition) is 4. The third kappa shape index (κ3) is 3.65. The molecule has 3 heterocycles. The van der Waals surface area contributed by atoms with Crippen LogP contribution in [0.3, 0.4) is 0 Å². The molecule has 0 N–H and O–H groups in total. The van der Waals surface area contributed by atoms with Crippen molar-refractivity contribution in [2.75, 3.05) is 4.90 Å². The molecule has 3 nitrogen and oxygen atoms in total. The Labute approximate surface area is 264 Å². The highest BCUT2D eigenvalue weighted by atomic mass is 32.1. The third-order valence-corrected chi connectivity index (χ3v) is 10.3. The van der Waals surface area contributed by atoms with E-state index < -0.39 is 0 Å². The number of anilines is 3. The smallest absolute Gasteiger partial charge is 0.261 e. The summed E-state index contributed by atoms with van der Waals surface area (Å²) in [5, 5.41) is 4.89. The zero-order chi connectivity index (χ0) is 29.5. The van der Waals surface area contributed by atoms with Gasteiger partial charge in [-0.3, -0.25) is 0 Å². The Morgan fingerprint density at radius 2 is 1.18 bits per heavy atom. The number of hydrogen-bond donors (Lipinski definition) is 0. The Hall–Kier alpha value is -5.52. The minimum absolute atomic E-state index is 0.0200. The fourth-order valence-corrected chi connectivity index (χ4v) is 8.45. The van der Waals surface area contributed by atoms with Crippen LogP contribution in [-0.2, 0) is 0 Å². The summed E-state index contributed by atoms with van der Waals surface area (Å²) < 4.78 is 15.7. The summed E-state index contributed by atoms with van der Waals surface area (Å²) in [7, 11) is 0. The van der Waals surface area contributed by atoms with Crippen LogP contribution in [0.4, 0.5) is 17.1 Å². The van der Waals surface area contributed by atoms with Crippen LogP contribution in [0.15, 0.2) is 146 Å². The van der Waals surface area contributed by atoms with Crippen molar-refractivity contribution in [3.05, 3.63) is 146 Å². The molecule has 0 spiro atoms. The molecular weight excluding hydrogens is 569 g/mol. The monoisotopic (exact) mass is 593 g/mol. The van der Waals surface area contributed by atoms with Crippen LogP contribution in [0.2, 0.25) is 0 Å². The predicted octanol–water partition coefficient (Wildman–Crippen LogP) is 9.41. The average molecular weight is 594 g/mol. The van der Waals surface area contributed by atoms with E-state index in [2.05, 4.69) is 144 Å². The zero-order valence-electron chi connectivity index (χ0n) is 24.1. The summed E-state index contributed by atoms with van der Waals surface area (Å²) in [5.41, 5.74) is 6.89. The van der Waals surface area contributed by atoms with E-state index in [9.17, 15) is 0 Å². The molecule has 5 heteroatoms. The molecule has 0 aliphatic carbocycles. The van der Waals surface area contributed by atoms with Crippen molar-refractivity contribution in [1.29, 1.82) is 0 Å². The molecule has 7 aromatic carbocycles. The van der Waals surface area contributed by atoms with E-state index in [0.29, 0.717) is 0 Å². The molecule has 0 saturated carbocycles. The zero-order valence-corrected chi connectivity index (χ0v) is 24.9. The number of benzene rings is 7. The molecule has 0 bridgehead atoms. The van der Waals surface area contributed by atoms with Gasteiger partial charge in [0.15, 0.2) is 0 Å². The van der Waals surface area contributed by atoms with E-state index in [4.69, 9.17) is 9.47 Å². The van der Waals surface area contributed by atoms with Crippen LogP contribution in [0.1, 0.15) is 0 Å². The summed E-state index contributed by atoms with van der Waals surface area (Å²) in [6.07, 6.45) is 0. The van der Waals surface area contributed by atoms with E-state index in [1.165, 1.54) is 41.9 Å². The lowest BCUT2D eigenvalue weighted by Crippen LogP contribution is -2.57. The molecule has 1 aromatic heterocycles. The summed E-state index contributed by atoms with van der Waals surface area (Å²) in [4.78, 5) is 2.32. The van der Waals surface area contributed by atoms with Gasteiger partial charge in [0.05, 0.1) is 4.70 Å². The maximum absolute atomic E-state index is 6.83. The number of para-hydroxylation sites is 2. The van der Waals surface area contributed by atoms with Gasteiger partial charge in [-0.05, 0) is 76.3 Å². The number of ether oxygens (including phenoxy) is 2. The highest BCUT2D eigenvalue weighted by Gasteiger charge is 2.41. The SMILES string of the molecule is c1ccc(N(c2ccccc2)c2ccc3c(c2)sc2c4c(ccc23)B2c3c(cccc3O4)Oc3ccc4ccccc4c32)cc1. The Bertz CT molecular complexity index is 2420. The van der Waals surface area contributed by atoms with Crippen molar-refractivity contribution in [2.45, 2.75) is 0 Å². The van der Waals surface area contributed by atoms with Gasteiger partial charge >= 0.3 is 0 Å². The second-order valence-corrected chi connectivity index (χ2v) is 12.7. The largest absolute Gasteiger partial charge is 0.458 e. The molecule has 10 rings (SSSR count). The predicted molar refractivity (Wildman–Crippen MR) is 189 cm³/mol. The van der Waals surface area contributed by atoms with Crippen LogP contribution in [0.5, 0.6) is 23.0 Å². The quantitative estimate of drug-likeness (QED) is 0.191. The van der Waals surface area contributed by atoms with Crippen molar-refractivity contribution in [2.24, 2.45) is 0 Å². The van der Waals surface area contributed by atoms with E-state index in [1.54, 1.807) is 0 Å². The average Bonchev–Trinajstić information content (AvgIpc) is 3.48. The molecule has 0 saturated heterocycles. The molecule has 0 amide bonds. The van der Waals surface area contributed by atoms with Crippen LogP contribution >= 0.6 is 11.3 Å². The molecule has 210 valence electrons. The van der Waals surface area contributed by atoms with Gasteiger partial charge in [0.2, 0.25) is 0 Å². The molecule has 8 aromatic rings. The number of thiophene rings is 1. The topological polar surface area (TPSA) is 21.7 Å². The van der Waals surface area contributed by atoms with Gasteiger partial charge in [-0.1, -0.05) is 91.0 Å². The number of fused-ring (bicyclic) bond motifs is 10. The lowest BCUT2D eigenvalue weighted by atomic mass is 9.34. The molecule has 2 aliphatic heterocycles.